The summed E-state index contributed by atoms with van der Waals surface area (Å²) in [6.45, 7) is 0. The van der Waals surface area contributed by atoms with Gasteiger partial charge in [-0.05, 0) is 43.4 Å². The molecule has 1 N–H and O–H groups in total. The highest BCUT2D eigenvalue weighted by Gasteiger charge is 2.19. The first-order valence-electron chi connectivity index (χ1n) is 5.61. The minimum atomic E-state index is -0.268. The fraction of sp³-hybridized carbons (Fsp3) is 0.385. The molecule has 16 heavy (non-hydrogen) atoms. The van der Waals surface area contributed by atoms with Crippen LogP contribution in [0.3, 0.4) is 0 Å². The van der Waals surface area contributed by atoms with Crippen molar-refractivity contribution >= 4 is 12.2 Å². The van der Waals surface area contributed by atoms with Gasteiger partial charge in [0.1, 0.15) is 6.10 Å². The molecular weight excluding hydrogens is 202 g/mol. The van der Waals surface area contributed by atoms with Crippen LogP contribution in [0.1, 0.15) is 41.6 Å². The lowest BCUT2D eigenvalue weighted by atomic mass is 10.1. The number of esters is 1. The maximum Gasteiger partial charge on any atom is 0.338 e. The summed E-state index contributed by atoms with van der Waals surface area (Å²) >= 11 is 0. The first-order valence-corrected chi connectivity index (χ1v) is 5.61. The smallest absolute Gasteiger partial charge is 0.338 e. The van der Waals surface area contributed by atoms with E-state index >= 15 is 0 Å². The van der Waals surface area contributed by atoms with Crippen molar-refractivity contribution in [2.24, 2.45) is 0 Å². The summed E-state index contributed by atoms with van der Waals surface area (Å²) in [6, 6.07) is 6.97. The largest absolute Gasteiger partial charge is 0.459 e. The van der Waals surface area contributed by atoms with E-state index < -0.39 is 0 Å². The van der Waals surface area contributed by atoms with Crippen LogP contribution in [0.25, 0.3) is 0 Å². The fourth-order valence-corrected chi connectivity index (χ4v) is 1.98. The Bertz CT molecular complexity index is 395. The first kappa shape index (κ1) is 10.9. The third-order valence-electron chi connectivity index (χ3n) is 2.86. The summed E-state index contributed by atoms with van der Waals surface area (Å²) < 4.78 is 5.38. The van der Waals surface area contributed by atoms with Gasteiger partial charge >= 0.3 is 5.97 Å². The molecule has 0 atom stereocenters. The number of ether oxygens (including phenoxy) is 1. The minimum absolute atomic E-state index is 0.0936. The molecular formula is C13H15NO2. The average molecular weight is 217 g/mol. The van der Waals surface area contributed by atoms with Gasteiger partial charge in [0.15, 0.2) is 0 Å². The van der Waals surface area contributed by atoms with E-state index in [4.69, 9.17) is 10.1 Å². The Morgan fingerprint density at radius 1 is 1.38 bits per heavy atom. The Hall–Kier alpha value is -1.64. The fourth-order valence-electron chi connectivity index (χ4n) is 1.98. The summed E-state index contributed by atoms with van der Waals surface area (Å²) in [5, 5.41) is 7.13. The van der Waals surface area contributed by atoms with Gasteiger partial charge in [0.25, 0.3) is 0 Å². The Morgan fingerprint density at radius 3 is 2.81 bits per heavy atom. The highest BCUT2D eigenvalue weighted by atomic mass is 16.5. The van der Waals surface area contributed by atoms with Gasteiger partial charge in [-0.2, -0.15) is 0 Å². The van der Waals surface area contributed by atoms with Crippen molar-refractivity contribution < 1.29 is 9.53 Å². The molecule has 0 spiro atoms. The van der Waals surface area contributed by atoms with Crippen LogP contribution in [0, 0.1) is 5.41 Å². The lowest BCUT2D eigenvalue weighted by molar-refractivity contribution is 0.0318. The highest BCUT2D eigenvalue weighted by Crippen LogP contribution is 2.22. The molecule has 0 aliphatic heterocycles. The first-order chi connectivity index (χ1) is 7.79. The van der Waals surface area contributed by atoms with Crippen molar-refractivity contribution in [1.29, 1.82) is 5.41 Å². The molecule has 1 saturated carbocycles. The molecule has 0 unspecified atom stereocenters. The van der Waals surface area contributed by atoms with Gasteiger partial charge in [-0.25, -0.2) is 4.79 Å². The molecule has 1 fully saturated rings. The number of benzene rings is 1. The van der Waals surface area contributed by atoms with Gasteiger partial charge in [0.05, 0.1) is 5.56 Å². The summed E-state index contributed by atoms with van der Waals surface area (Å²) in [5.74, 6) is -0.268. The standard InChI is InChI=1S/C13H15NO2/c14-9-10-4-3-5-11(8-10)13(15)16-12-6-1-2-7-12/h3-5,8-9,12,14H,1-2,6-7H2. The third kappa shape index (κ3) is 2.48. The SMILES string of the molecule is N=Cc1cccc(C(=O)OC2CCCC2)c1. The molecule has 1 aliphatic rings. The maximum absolute atomic E-state index is 11.8. The number of rotatable bonds is 3. The van der Waals surface area contributed by atoms with Crippen LogP contribution in [0.5, 0.6) is 0 Å². The van der Waals surface area contributed by atoms with Crippen molar-refractivity contribution in [2.75, 3.05) is 0 Å². The van der Waals surface area contributed by atoms with Gasteiger partial charge in [-0.3, -0.25) is 0 Å². The van der Waals surface area contributed by atoms with E-state index in [0.29, 0.717) is 5.56 Å². The minimum Gasteiger partial charge on any atom is -0.459 e. The monoisotopic (exact) mass is 217 g/mol. The van der Waals surface area contributed by atoms with E-state index in [9.17, 15) is 4.79 Å². The van der Waals surface area contributed by atoms with Gasteiger partial charge < -0.3 is 10.1 Å². The van der Waals surface area contributed by atoms with E-state index in [1.165, 1.54) is 6.21 Å². The highest BCUT2D eigenvalue weighted by molar-refractivity contribution is 5.91. The molecule has 0 bridgehead atoms. The summed E-state index contributed by atoms with van der Waals surface area (Å²) in [7, 11) is 0. The van der Waals surface area contributed by atoms with Crippen molar-refractivity contribution in [1.82, 2.24) is 0 Å². The van der Waals surface area contributed by atoms with E-state index in [-0.39, 0.29) is 12.1 Å². The van der Waals surface area contributed by atoms with E-state index in [1.807, 2.05) is 0 Å². The van der Waals surface area contributed by atoms with Crippen LogP contribution in [-0.4, -0.2) is 18.3 Å². The molecule has 84 valence electrons. The van der Waals surface area contributed by atoms with Gasteiger partial charge in [0.2, 0.25) is 0 Å². The molecule has 0 heterocycles. The second-order valence-electron chi connectivity index (χ2n) is 4.08. The summed E-state index contributed by atoms with van der Waals surface area (Å²) in [5.41, 5.74) is 1.26. The second-order valence-corrected chi connectivity index (χ2v) is 4.08. The molecule has 0 saturated heterocycles. The zero-order chi connectivity index (χ0) is 11.4. The number of nitrogens with one attached hydrogen (secondary N) is 1. The van der Waals surface area contributed by atoms with Crippen LogP contribution < -0.4 is 0 Å². The van der Waals surface area contributed by atoms with Crippen LogP contribution in [0.15, 0.2) is 24.3 Å². The number of carbonyl (C=O) groups excluding carboxylic acids is 1. The maximum atomic E-state index is 11.8. The molecule has 0 amide bonds. The zero-order valence-corrected chi connectivity index (χ0v) is 9.11. The van der Waals surface area contributed by atoms with Crippen molar-refractivity contribution in [2.45, 2.75) is 31.8 Å². The van der Waals surface area contributed by atoms with Gasteiger partial charge in [-0.15, -0.1) is 0 Å². The molecule has 1 aromatic carbocycles. The topological polar surface area (TPSA) is 50.2 Å². The molecule has 3 heteroatoms. The molecule has 1 aliphatic carbocycles. The average Bonchev–Trinajstić information content (AvgIpc) is 2.82. The third-order valence-corrected chi connectivity index (χ3v) is 2.86. The van der Waals surface area contributed by atoms with Crippen molar-refractivity contribution in [3.05, 3.63) is 35.4 Å². The Kier molecular flexibility index (Phi) is 3.34. The predicted octanol–water partition coefficient (Wildman–Crippen LogP) is 2.78. The Labute approximate surface area is 94.9 Å². The lowest BCUT2D eigenvalue weighted by Gasteiger charge is -2.11. The normalized spacial score (nSPS) is 16.0. The van der Waals surface area contributed by atoms with E-state index in [0.717, 1.165) is 31.2 Å². The van der Waals surface area contributed by atoms with Crippen LogP contribution in [0.2, 0.25) is 0 Å². The summed E-state index contributed by atoms with van der Waals surface area (Å²) in [6.07, 6.45) is 5.59. The molecule has 3 nitrogen and oxygen atoms in total. The van der Waals surface area contributed by atoms with Gasteiger partial charge in [0, 0.05) is 6.21 Å². The summed E-state index contributed by atoms with van der Waals surface area (Å²) in [4.78, 5) is 11.8. The number of carbonyl (C=O) groups is 1. The lowest BCUT2D eigenvalue weighted by Crippen LogP contribution is -2.14. The molecule has 0 aromatic heterocycles. The predicted molar refractivity (Wildman–Crippen MR) is 62.0 cm³/mol. The number of hydrogen-bond acceptors (Lipinski definition) is 3. The van der Waals surface area contributed by atoms with Crippen LogP contribution in [-0.2, 0) is 4.74 Å². The molecule has 0 radical (unpaired) electrons. The molecule has 2 rings (SSSR count). The van der Waals surface area contributed by atoms with Gasteiger partial charge in [-0.1, -0.05) is 12.1 Å². The Balaban J connectivity index is 2.04. The molecule has 1 aromatic rings. The van der Waals surface area contributed by atoms with Crippen molar-refractivity contribution in [3.8, 4) is 0 Å². The van der Waals surface area contributed by atoms with Crippen molar-refractivity contribution in [3.63, 3.8) is 0 Å². The quantitative estimate of drug-likeness (QED) is 0.625. The van der Waals surface area contributed by atoms with E-state index in [2.05, 4.69) is 0 Å². The van der Waals surface area contributed by atoms with Crippen LogP contribution in [0.4, 0.5) is 0 Å². The zero-order valence-electron chi connectivity index (χ0n) is 9.11. The van der Waals surface area contributed by atoms with E-state index in [1.54, 1.807) is 24.3 Å². The second kappa shape index (κ2) is 4.92. The Morgan fingerprint density at radius 2 is 2.12 bits per heavy atom. The van der Waals surface area contributed by atoms with Crippen LogP contribution >= 0.6 is 0 Å². The number of hydrogen-bond donors (Lipinski definition) is 1.